The number of halogens is 1. The SMILES string of the molecule is CC(C)OCCN1C(=O)C(c2ccc(Cl)cc2)=C(N(C)Cc2ccccc2)C1=O. The summed E-state index contributed by atoms with van der Waals surface area (Å²) in [5.74, 6) is -0.606. The Labute approximate surface area is 176 Å². The topological polar surface area (TPSA) is 49.9 Å². The number of carbonyl (C=O) groups excluding carboxylic acids is 2. The molecule has 0 spiro atoms. The van der Waals surface area contributed by atoms with Gasteiger partial charge in [0.15, 0.2) is 0 Å². The first kappa shape index (κ1) is 21.1. The van der Waals surface area contributed by atoms with Crippen LogP contribution in [-0.2, 0) is 20.9 Å². The summed E-state index contributed by atoms with van der Waals surface area (Å²) < 4.78 is 5.55. The van der Waals surface area contributed by atoms with Crippen LogP contribution in [0.25, 0.3) is 5.57 Å². The van der Waals surface area contributed by atoms with Crippen LogP contribution in [0.15, 0.2) is 60.3 Å². The second-order valence-electron chi connectivity index (χ2n) is 7.25. The van der Waals surface area contributed by atoms with Crippen molar-refractivity contribution in [2.24, 2.45) is 0 Å². The van der Waals surface area contributed by atoms with Gasteiger partial charge in [0.05, 0.1) is 24.8 Å². The largest absolute Gasteiger partial charge is 0.377 e. The van der Waals surface area contributed by atoms with Crippen molar-refractivity contribution in [1.29, 1.82) is 0 Å². The van der Waals surface area contributed by atoms with Crippen molar-refractivity contribution in [1.82, 2.24) is 9.80 Å². The van der Waals surface area contributed by atoms with E-state index in [-0.39, 0.29) is 24.5 Å². The van der Waals surface area contributed by atoms with Crippen LogP contribution in [0.4, 0.5) is 0 Å². The number of hydrogen-bond donors (Lipinski definition) is 0. The molecule has 0 bridgehead atoms. The van der Waals surface area contributed by atoms with Gasteiger partial charge in [-0.15, -0.1) is 0 Å². The predicted octanol–water partition coefficient (Wildman–Crippen LogP) is 3.98. The number of benzene rings is 2. The lowest BCUT2D eigenvalue weighted by Gasteiger charge is -2.22. The monoisotopic (exact) mass is 412 g/mol. The highest BCUT2D eigenvalue weighted by atomic mass is 35.5. The summed E-state index contributed by atoms with van der Waals surface area (Å²) in [6.07, 6.45) is 0.0340. The van der Waals surface area contributed by atoms with Crippen molar-refractivity contribution in [3.8, 4) is 0 Å². The predicted molar refractivity (Wildman–Crippen MR) is 114 cm³/mol. The highest BCUT2D eigenvalue weighted by Gasteiger charge is 2.40. The summed E-state index contributed by atoms with van der Waals surface area (Å²) in [6.45, 7) is 4.88. The number of carbonyl (C=O) groups is 2. The van der Waals surface area contributed by atoms with Crippen LogP contribution in [0, 0.1) is 0 Å². The standard InChI is InChI=1S/C23H25ClN2O3/c1-16(2)29-14-13-26-22(27)20(18-9-11-19(24)12-10-18)21(23(26)28)25(3)15-17-7-5-4-6-8-17/h4-12,16H,13-15H2,1-3H3. The minimum absolute atomic E-state index is 0.0340. The third-order valence-electron chi connectivity index (χ3n) is 4.69. The van der Waals surface area contributed by atoms with Crippen LogP contribution < -0.4 is 0 Å². The molecule has 2 aromatic carbocycles. The zero-order chi connectivity index (χ0) is 21.0. The molecule has 0 atom stereocenters. The minimum Gasteiger partial charge on any atom is -0.377 e. The van der Waals surface area contributed by atoms with E-state index in [2.05, 4.69) is 0 Å². The Hall–Kier alpha value is -2.63. The lowest BCUT2D eigenvalue weighted by atomic mass is 10.0. The summed E-state index contributed by atoms with van der Waals surface area (Å²) >= 11 is 6.01. The molecule has 0 unspecified atom stereocenters. The van der Waals surface area contributed by atoms with E-state index in [1.165, 1.54) is 4.90 Å². The van der Waals surface area contributed by atoms with Gasteiger partial charge in [0, 0.05) is 18.6 Å². The molecule has 1 aliphatic rings. The Kier molecular flexibility index (Phi) is 6.72. The lowest BCUT2D eigenvalue weighted by molar-refractivity contribution is -0.138. The minimum atomic E-state index is -0.306. The average molecular weight is 413 g/mol. The Morgan fingerprint density at radius 1 is 1.00 bits per heavy atom. The fourth-order valence-electron chi connectivity index (χ4n) is 3.31. The van der Waals surface area contributed by atoms with Crippen molar-refractivity contribution >= 4 is 29.0 Å². The number of likely N-dealkylation sites (N-methyl/N-ethyl adjacent to an activating group) is 1. The molecule has 1 aliphatic heterocycles. The molecule has 0 saturated carbocycles. The van der Waals surface area contributed by atoms with Crippen LogP contribution in [0.3, 0.4) is 0 Å². The summed E-state index contributed by atoms with van der Waals surface area (Å²) in [5.41, 5.74) is 2.52. The maximum Gasteiger partial charge on any atom is 0.277 e. The van der Waals surface area contributed by atoms with Gasteiger partial charge >= 0.3 is 0 Å². The van der Waals surface area contributed by atoms with Gasteiger partial charge in [0.1, 0.15) is 5.70 Å². The molecule has 0 saturated heterocycles. The van der Waals surface area contributed by atoms with Gasteiger partial charge < -0.3 is 9.64 Å². The summed E-state index contributed by atoms with van der Waals surface area (Å²) in [7, 11) is 1.83. The normalized spacial score (nSPS) is 14.3. The van der Waals surface area contributed by atoms with E-state index in [9.17, 15) is 9.59 Å². The van der Waals surface area contributed by atoms with Crippen molar-refractivity contribution in [2.75, 3.05) is 20.2 Å². The van der Waals surface area contributed by atoms with Crippen LogP contribution >= 0.6 is 11.6 Å². The molecule has 29 heavy (non-hydrogen) atoms. The van der Waals surface area contributed by atoms with Gasteiger partial charge in [-0.3, -0.25) is 14.5 Å². The molecule has 5 nitrogen and oxygen atoms in total. The first-order chi connectivity index (χ1) is 13.9. The number of hydrogen-bond acceptors (Lipinski definition) is 4. The number of ether oxygens (including phenoxy) is 1. The Morgan fingerprint density at radius 2 is 1.66 bits per heavy atom. The highest BCUT2D eigenvalue weighted by molar-refractivity contribution is 6.36. The van der Waals surface area contributed by atoms with Crippen LogP contribution in [0.1, 0.15) is 25.0 Å². The number of rotatable bonds is 8. The smallest absolute Gasteiger partial charge is 0.277 e. The first-order valence-corrected chi connectivity index (χ1v) is 9.99. The molecule has 0 aromatic heterocycles. The quantitative estimate of drug-likeness (QED) is 0.615. The van der Waals surface area contributed by atoms with E-state index < -0.39 is 0 Å². The summed E-state index contributed by atoms with van der Waals surface area (Å²) in [6, 6.07) is 16.8. The van der Waals surface area contributed by atoms with Crippen LogP contribution in [-0.4, -0.2) is 47.9 Å². The van der Waals surface area contributed by atoms with Gasteiger partial charge in [-0.25, -0.2) is 0 Å². The molecule has 2 amide bonds. The Bertz CT molecular complexity index is 907. The molecule has 3 rings (SSSR count). The van der Waals surface area contributed by atoms with E-state index in [0.717, 1.165) is 5.56 Å². The van der Waals surface area contributed by atoms with Gasteiger partial charge in [-0.05, 0) is 37.1 Å². The third kappa shape index (κ3) is 4.86. The van der Waals surface area contributed by atoms with E-state index in [1.54, 1.807) is 24.3 Å². The molecule has 0 aliphatic carbocycles. The van der Waals surface area contributed by atoms with E-state index in [1.807, 2.05) is 56.1 Å². The summed E-state index contributed by atoms with van der Waals surface area (Å²) in [4.78, 5) is 29.5. The maximum absolute atomic E-state index is 13.2. The van der Waals surface area contributed by atoms with Crippen LogP contribution in [0.2, 0.25) is 5.02 Å². The van der Waals surface area contributed by atoms with E-state index in [4.69, 9.17) is 16.3 Å². The molecule has 6 heteroatoms. The fourth-order valence-corrected chi connectivity index (χ4v) is 3.44. The molecule has 152 valence electrons. The van der Waals surface area contributed by atoms with Crippen LogP contribution in [0.5, 0.6) is 0 Å². The molecule has 0 radical (unpaired) electrons. The molecule has 2 aromatic rings. The fraction of sp³-hybridized carbons (Fsp3) is 0.304. The zero-order valence-electron chi connectivity index (χ0n) is 16.9. The molecule has 1 heterocycles. The molecule has 0 N–H and O–H groups in total. The molecule has 0 fully saturated rings. The van der Waals surface area contributed by atoms with E-state index in [0.29, 0.717) is 35.0 Å². The van der Waals surface area contributed by atoms with Crippen molar-refractivity contribution < 1.29 is 14.3 Å². The average Bonchev–Trinajstić information content (AvgIpc) is 2.94. The van der Waals surface area contributed by atoms with Crippen molar-refractivity contribution in [2.45, 2.75) is 26.5 Å². The summed E-state index contributed by atoms with van der Waals surface area (Å²) in [5, 5.41) is 0.576. The lowest BCUT2D eigenvalue weighted by Crippen LogP contribution is -2.37. The Morgan fingerprint density at radius 3 is 2.28 bits per heavy atom. The van der Waals surface area contributed by atoms with Gasteiger partial charge in [-0.2, -0.15) is 0 Å². The third-order valence-corrected chi connectivity index (χ3v) is 4.94. The highest BCUT2D eigenvalue weighted by Crippen LogP contribution is 2.32. The van der Waals surface area contributed by atoms with Gasteiger partial charge in [0.2, 0.25) is 0 Å². The maximum atomic E-state index is 13.2. The second kappa shape index (κ2) is 9.25. The zero-order valence-corrected chi connectivity index (χ0v) is 17.6. The van der Waals surface area contributed by atoms with Gasteiger partial charge in [-0.1, -0.05) is 54.1 Å². The second-order valence-corrected chi connectivity index (χ2v) is 7.69. The van der Waals surface area contributed by atoms with Gasteiger partial charge in [0.25, 0.3) is 11.8 Å². The molecular weight excluding hydrogens is 388 g/mol. The Balaban J connectivity index is 1.94. The van der Waals surface area contributed by atoms with E-state index >= 15 is 0 Å². The van der Waals surface area contributed by atoms with Crippen molar-refractivity contribution in [3.05, 3.63) is 76.4 Å². The first-order valence-electron chi connectivity index (χ1n) is 9.61. The number of nitrogens with zero attached hydrogens (tertiary/aromatic N) is 2. The number of amides is 2. The molecular formula is C23H25ClN2O3. The number of imide groups is 1. The van der Waals surface area contributed by atoms with Crippen molar-refractivity contribution in [3.63, 3.8) is 0 Å².